The number of nitrogen functional groups attached to an aromatic ring is 1. The number of amides is 1. The van der Waals surface area contributed by atoms with Crippen LogP contribution >= 0.6 is 15.9 Å². The van der Waals surface area contributed by atoms with Gasteiger partial charge < -0.3 is 15.5 Å². The van der Waals surface area contributed by atoms with E-state index in [-0.39, 0.29) is 11.6 Å². The number of benzene rings is 1. The molecule has 4 nitrogen and oxygen atoms in total. The van der Waals surface area contributed by atoms with E-state index in [4.69, 9.17) is 10.2 Å². The lowest BCUT2D eigenvalue weighted by atomic mass is 10.2. The van der Waals surface area contributed by atoms with Gasteiger partial charge in [-0.2, -0.15) is 0 Å². The molecule has 1 amide bonds. The lowest BCUT2D eigenvalue weighted by Gasteiger charge is -2.07. The van der Waals surface area contributed by atoms with Crippen LogP contribution in [0.4, 0.5) is 10.1 Å². The van der Waals surface area contributed by atoms with Gasteiger partial charge in [0.1, 0.15) is 11.6 Å². The Morgan fingerprint density at radius 2 is 2.26 bits per heavy atom. The third-order valence-corrected chi connectivity index (χ3v) is 3.22. The van der Waals surface area contributed by atoms with Crippen molar-refractivity contribution < 1.29 is 13.6 Å². The van der Waals surface area contributed by atoms with Crippen LogP contribution in [-0.4, -0.2) is 12.5 Å². The van der Waals surface area contributed by atoms with Gasteiger partial charge in [0.05, 0.1) is 17.5 Å². The fraction of sp³-hybridized carbons (Fsp3) is 0.154. The SMILES string of the molecule is Nc1cc(C(=O)NCCc2ccco2)c(Br)cc1F. The largest absolute Gasteiger partial charge is 0.469 e. The van der Waals surface area contributed by atoms with Crippen LogP contribution in [0.2, 0.25) is 0 Å². The van der Waals surface area contributed by atoms with Crippen molar-refractivity contribution in [1.82, 2.24) is 5.32 Å². The summed E-state index contributed by atoms with van der Waals surface area (Å²) in [5.41, 5.74) is 5.69. The predicted molar refractivity (Wildman–Crippen MR) is 73.3 cm³/mol. The summed E-state index contributed by atoms with van der Waals surface area (Å²) < 4.78 is 18.7. The van der Waals surface area contributed by atoms with Crippen LogP contribution < -0.4 is 11.1 Å². The van der Waals surface area contributed by atoms with E-state index >= 15 is 0 Å². The molecule has 2 rings (SSSR count). The summed E-state index contributed by atoms with van der Waals surface area (Å²) >= 11 is 3.14. The van der Waals surface area contributed by atoms with Crippen LogP contribution in [0.15, 0.2) is 39.4 Å². The van der Waals surface area contributed by atoms with E-state index in [0.717, 1.165) is 5.76 Å². The Labute approximate surface area is 117 Å². The quantitative estimate of drug-likeness (QED) is 0.849. The number of carbonyl (C=O) groups excluding carboxylic acids is 1. The smallest absolute Gasteiger partial charge is 0.252 e. The maximum absolute atomic E-state index is 13.2. The molecule has 6 heteroatoms. The second-order valence-electron chi connectivity index (χ2n) is 3.94. The molecule has 0 aliphatic rings. The number of hydrogen-bond acceptors (Lipinski definition) is 3. The summed E-state index contributed by atoms with van der Waals surface area (Å²) in [5.74, 6) is -0.0814. The van der Waals surface area contributed by atoms with E-state index in [1.165, 1.54) is 12.1 Å². The van der Waals surface area contributed by atoms with Crippen molar-refractivity contribution in [3.05, 3.63) is 52.1 Å². The lowest BCUT2D eigenvalue weighted by Crippen LogP contribution is -2.26. The number of hydrogen-bond donors (Lipinski definition) is 2. The van der Waals surface area contributed by atoms with E-state index < -0.39 is 5.82 Å². The molecule has 0 radical (unpaired) electrons. The molecule has 0 unspecified atom stereocenters. The molecule has 0 spiro atoms. The standard InChI is InChI=1S/C13H12BrFN2O2/c14-10-7-11(15)12(16)6-9(10)13(18)17-4-3-8-2-1-5-19-8/h1-2,5-7H,3-4,16H2,(H,17,18). The highest BCUT2D eigenvalue weighted by molar-refractivity contribution is 9.10. The van der Waals surface area contributed by atoms with E-state index in [0.29, 0.717) is 23.0 Å². The zero-order valence-corrected chi connectivity index (χ0v) is 11.5. The van der Waals surface area contributed by atoms with Gasteiger partial charge >= 0.3 is 0 Å². The predicted octanol–water partition coefficient (Wildman–Crippen LogP) is 2.74. The molecule has 0 bridgehead atoms. The third-order valence-electron chi connectivity index (χ3n) is 2.57. The average molecular weight is 327 g/mol. The number of anilines is 1. The monoisotopic (exact) mass is 326 g/mol. The van der Waals surface area contributed by atoms with Crippen LogP contribution in [0.1, 0.15) is 16.1 Å². The molecule has 0 aliphatic heterocycles. The summed E-state index contributed by atoms with van der Waals surface area (Å²) in [6.07, 6.45) is 2.17. The van der Waals surface area contributed by atoms with E-state index in [9.17, 15) is 9.18 Å². The van der Waals surface area contributed by atoms with Crippen LogP contribution in [0, 0.1) is 5.82 Å². The molecule has 19 heavy (non-hydrogen) atoms. The molecule has 0 atom stereocenters. The Bertz CT molecular complexity index is 585. The van der Waals surface area contributed by atoms with Crippen molar-refractivity contribution in [2.75, 3.05) is 12.3 Å². The molecule has 100 valence electrons. The molecule has 0 saturated carbocycles. The molecular weight excluding hydrogens is 315 g/mol. The van der Waals surface area contributed by atoms with E-state index in [1.807, 2.05) is 6.07 Å². The molecule has 1 heterocycles. The fourth-order valence-corrected chi connectivity index (χ4v) is 2.08. The first kappa shape index (κ1) is 13.6. The second kappa shape index (κ2) is 5.88. The minimum absolute atomic E-state index is 0.0561. The first-order chi connectivity index (χ1) is 9.08. The van der Waals surface area contributed by atoms with Crippen molar-refractivity contribution >= 4 is 27.5 Å². The molecule has 3 N–H and O–H groups in total. The summed E-state index contributed by atoms with van der Waals surface area (Å²) in [5, 5.41) is 2.72. The van der Waals surface area contributed by atoms with Crippen LogP contribution in [0.3, 0.4) is 0 Å². The van der Waals surface area contributed by atoms with Crippen LogP contribution in [0.5, 0.6) is 0 Å². The topological polar surface area (TPSA) is 68.3 Å². The van der Waals surface area contributed by atoms with Crippen molar-refractivity contribution in [1.29, 1.82) is 0 Å². The highest BCUT2D eigenvalue weighted by Gasteiger charge is 2.13. The van der Waals surface area contributed by atoms with Crippen molar-refractivity contribution in [3.63, 3.8) is 0 Å². The van der Waals surface area contributed by atoms with Gasteiger partial charge in [-0.05, 0) is 40.2 Å². The van der Waals surface area contributed by atoms with Gasteiger partial charge in [-0.25, -0.2) is 4.39 Å². The first-order valence-electron chi connectivity index (χ1n) is 5.63. The fourth-order valence-electron chi connectivity index (χ4n) is 1.59. The van der Waals surface area contributed by atoms with Gasteiger partial charge in [-0.3, -0.25) is 4.79 Å². The number of nitrogens with one attached hydrogen (secondary N) is 1. The summed E-state index contributed by atoms with van der Waals surface area (Å²) in [4.78, 5) is 11.9. The van der Waals surface area contributed by atoms with Gasteiger partial charge in [0.25, 0.3) is 5.91 Å². The van der Waals surface area contributed by atoms with Crippen LogP contribution in [0.25, 0.3) is 0 Å². The number of furan rings is 1. The van der Waals surface area contributed by atoms with E-state index in [2.05, 4.69) is 21.2 Å². The van der Waals surface area contributed by atoms with Crippen LogP contribution in [-0.2, 0) is 6.42 Å². The van der Waals surface area contributed by atoms with Gasteiger partial charge in [-0.15, -0.1) is 0 Å². The maximum atomic E-state index is 13.2. The Hall–Kier alpha value is -1.82. The van der Waals surface area contributed by atoms with Crippen molar-refractivity contribution in [3.8, 4) is 0 Å². The molecular formula is C13H12BrFN2O2. The number of halogens is 2. The summed E-state index contributed by atoms with van der Waals surface area (Å²) in [7, 11) is 0. The zero-order chi connectivity index (χ0) is 13.8. The molecule has 0 fully saturated rings. The van der Waals surface area contributed by atoms with Gasteiger partial charge in [0, 0.05) is 17.4 Å². The Morgan fingerprint density at radius 3 is 2.95 bits per heavy atom. The number of rotatable bonds is 4. The third kappa shape index (κ3) is 3.35. The lowest BCUT2D eigenvalue weighted by molar-refractivity contribution is 0.0953. The minimum Gasteiger partial charge on any atom is -0.469 e. The average Bonchev–Trinajstić information content (AvgIpc) is 2.86. The zero-order valence-electron chi connectivity index (χ0n) is 9.95. The molecule has 1 aromatic heterocycles. The number of carbonyl (C=O) groups is 1. The first-order valence-corrected chi connectivity index (χ1v) is 6.42. The Morgan fingerprint density at radius 1 is 1.47 bits per heavy atom. The minimum atomic E-state index is -0.556. The second-order valence-corrected chi connectivity index (χ2v) is 4.79. The van der Waals surface area contributed by atoms with Gasteiger partial charge in [-0.1, -0.05) is 0 Å². The summed E-state index contributed by atoms with van der Waals surface area (Å²) in [6.45, 7) is 0.427. The van der Waals surface area contributed by atoms with Crippen molar-refractivity contribution in [2.24, 2.45) is 0 Å². The molecule has 0 saturated heterocycles. The molecule has 1 aromatic carbocycles. The summed E-state index contributed by atoms with van der Waals surface area (Å²) in [6, 6.07) is 6.10. The highest BCUT2D eigenvalue weighted by atomic mass is 79.9. The maximum Gasteiger partial charge on any atom is 0.252 e. The normalized spacial score (nSPS) is 10.4. The Balaban J connectivity index is 1.98. The van der Waals surface area contributed by atoms with Crippen molar-refractivity contribution in [2.45, 2.75) is 6.42 Å². The van der Waals surface area contributed by atoms with Gasteiger partial charge in [0.2, 0.25) is 0 Å². The molecule has 0 aliphatic carbocycles. The number of nitrogens with two attached hydrogens (primary N) is 1. The van der Waals surface area contributed by atoms with Gasteiger partial charge in [0.15, 0.2) is 0 Å². The van der Waals surface area contributed by atoms with E-state index in [1.54, 1.807) is 12.3 Å². The molecule has 2 aromatic rings. The highest BCUT2D eigenvalue weighted by Crippen LogP contribution is 2.22. The Kier molecular flexibility index (Phi) is 4.21.